The molecule has 1 aromatic carbocycles. The maximum atomic E-state index is 13.0. The molecule has 0 N–H and O–H groups in total. The minimum absolute atomic E-state index is 0.0391. The number of hydrogen-bond acceptors (Lipinski definition) is 4. The van der Waals surface area contributed by atoms with Gasteiger partial charge in [0.15, 0.2) is 6.61 Å². The molecule has 3 fully saturated rings. The van der Waals surface area contributed by atoms with E-state index in [1.165, 1.54) is 12.8 Å². The van der Waals surface area contributed by atoms with Gasteiger partial charge >= 0.3 is 0 Å². The number of ether oxygens (including phenoxy) is 2. The van der Waals surface area contributed by atoms with Crippen molar-refractivity contribution in [2.24, 2.45) is 0 Å². The topological polar surface area (TPSA) is 42.0 Å². The third kappa shape index (κ3) is 4.36. The number of aryl methyl sites for hydroxylation is 1. The molecule has 5 heteroatoms. The summed E-state index contributed by atoms with van der Waals surface area (Å²) >= 11 is 0. The standard InChI is InChI=1S/C23H34N2O3/c1-19-7-2-3-9-21(19)28-18-22(26)25-14-6-11-23(25)10-5-13-24(15-12-23)17-20-8-4-16-27-20/h2-3,7,9,20H,4-6,8,10-18H2,1H3/t20-,23+/m0/s1. The van der Waals surface area contributed by atoms with Gasteiger partial charge in [0.1, 0.15) is 5.75 Å². The van der Waals surface area contributed by atoms with Gasteiger partial charge in [-0.1, -0.05) is 18.2 Å². The van der Waals surface area contributed by atoms with Crippen molar-refractivity contribution < 1.29 is 14.3 Å². The fraction of sp³-hybridized carbons (Fsp3) is 0.696. The molecule has 1 spiro atoms. The molecule has 3 aliphatic heterocycles. The third-order valence-corrected chi connectivity index (χ3v) is 6.84. The average molecular weight is 387 g/mol. The van der Waals surface area contributed by atoms with Crippen LogP contribution >= 0.6 is 0 Å². The first-order chi connectivity index (χ1) is 13.7. The zero-order valence-electron chi connectivity index (χ0n) is 17.2. The molecule has 3 saturated heterocycles. The Balaban J connectivity index is 1.35. The SMILES string of the molecule is Cc1ccccc1OCC(=O)N1CCC[C@@]12CCCN(C[C@@H]1CCCO1)CC2. The van der Waals surface area contributed by atoms with Gasteiger partial charge in [-0.2, -0.15) is 0 Å². The third-order valence-electron chi connectivity index (χ3n) is 6.84. The van der Waals surface area contributed by atoms with Crippen molar-refractivity contribution in [2.45, 2.75) is 63.5 Å². The highest BCUT2D eigenvalue weighted by Crippen LogP contribution is 2.38. The van der Waals surface area contributed by atoms with Crippen molar-refractivity contribution in [3.05, 3.63) is 29.8 Å². The number of nitrogens with zero attached hydrogens (tertiary/aromatic N) is 2. The Kier molecular flexibility index (Phi) is 6.22. The number of para-hydroxylation sites is 1. The molecule has 2 atom stereocenters. The second-order valence-corrected chi connectivity index (χ2v) is 8.72. The van der Waals surface area contributed by atoms with E-state index in [9.17, 15) is 4.79 Å². The summed E-state index contributed by atoms with van der Waals surface area (Å²) in [5.41, 5.74) is 1.11. The molecular weight excluding hydrogens is 352 g/mol. The van der Waals surface area contributed by atoms with Gasteiger partial charge < -0.3 is 19.3 Å². The molecule has 0 aliphatic carbocycles. The molecule has 28 heavy (non-hydrogen) atoms. The second kappa shape index (κ2) is 8.83. The molecule has 0 aromatic heterocycles. The Hall–Kier alpha value is -1.59. The van der Waals surface area contributed by atoms with E-state index in [1.807, 2.05) is 31.2 Å². The summed E-state index contributed by atoms with van der Waals surface area (Å²) in [6.07, 6.45) is 8.42. The van der Waals surface area contributed by atoms with Gasteiger partial charge in [0.05, 0.1) is 6.10 Å². The lowest BCUT2D eigenvalue weighted by Crippen LogP contribution is -2.49. The predicted molar refractivity (Wildman–Crippen MR) is 110 cm³/mol. The van der Waals surface area contributed by atoms with Gasteiger partial charge in [0, 0.05) is 31.8 Å². The first-order valence-corrected chi connectivity index (χ1v) is 11.0. The van der Waals surface area contributed by atoms with E-state index in [1.54, 1.807) is 0 Å². The molecule has 0 saturated carbocycles. The van der Waals surface area contributed by atoms with E-state index in [-0.39, 0.29) is 18.1 Å². The van der Waals surface area contributed by atoms with Gasteiger partial charge in [0.25, 0.3) is 5.91 Å². The van der Waals surface area contributed by atoms with Crippen LogP contribution in [-0.4, -0.2) is 66.7 Å². The van der Waals surface area contributed by atoms with Crippen molar-refractivity contribution in [1.82, 2.24) is 9.80 Å². The van der Waals surface area contributed by atoms with Crippen molar-refractivity contribution >= 4 is 5.91 Å². The maximum absolute atomic E-state index is 13.0. The monoisotopic (exact) mass is 386 g/mol. The lowest BCUT2D eigenvalue weighted by molar-refractivity contribution is -0.138. The molecule has 5 nitrogen and oxygen atoms in total. The van der Waals surface area contributed by atoms with Crippen LogP contribution in [0.2, 0.25) is 0 Å². The minimum atomic E-state index is 0.0391. The molecular formula is C23H34N2O3. The van der Waals surface area contributed by atoms with Gasteiger partial charge in [-0.15, -0.1) is 0 Å². The van der Waals surface area contributed by atoms with Crippen molar-refractivity contribution in [2.75, 3.05) is 39.4 Å². The lowest BCUT2D eigenvalue weighted by atomic mass is 9.87. The number of benzene rings is 1. The normalized spacial score (nSPS) is 28.6. The number of likely N-dealkylation sites (tertiary alicyclic amines) is 2. The highest BCUT2D eigenvalue weighted by atomic mass is 16.5. The van der Waals surface area contributed by atoms with Gasteiger partial charge in [-0.05, 0) is 70.0 Å². The lowest BCUT2D eigenvalue weighted by Gasteiger charge is -2.38. The Labute approximate surface area is 169 Å². The molecule has 1 aromatic rings. The summed E-state index contributed by atoms with van der Waals surface area (Å²) < 4.78 is 11.7. The van der Waals surface area contributed by atoms with Gasteiger partial charge in [0.2, 0.25) is 0 Å². The summed E-state index contributed by atoms with van der Waals surface area (Å²) in [6.45, 7) is 7.22. The van der Waals surface area contributed by atoms with Crippen LogP contribution in [0.15, 0.2) is 24.3 Å². The molecule has 0 unspecified atom stereocenters. The predicted octanol–water partition coefficient (Wildman–Crippen LogP) is 3.40. The highest BCUT2D eigenvalue weighted by molar-refractivity contribution is 5.79. The summed E-state index contributed by atoms with van der Waals surface area (Å²) in [5, 5.41) is 0. The van der Waals surface area contributed by atoms with Crippen molar-refractivity contribution in [3.8, 4) is 5.75 Å². The van der Waals surface area contributed by atoms with E-state index >= 15 is 0 Å². The van der Waals surface area contributed by atoms with E-state index in [2.05, 4.69) is 9.80 Å². The van der Waals surface area contributed by atoms with Crippen LogP contribution < -0.4 is 4.74 Å². The zero-order valence-corrected chi connectivity index (χ0v) is 17.2. The minimum Gasteiger partial charge on any atom is -0.484 e. The Bertz CT molecular complexity index is 674. The van der Waals surface area contributed by atoms with E-state index < -0.39 is 0 Å². The van der Waals surface area contributed by atoms with Crippen LogP contribution in [0.5, 0.6) is 5.75 Å². The largest absolute Gasteiger partial charge is 0.484 e. The van der Waals surface area contributed by atoms with Gasteiger partial charge in [-0.3, -0.25) is 4.79 Å². The van der Waals surface area contributed by atoms with Crippen LogP contribution in [0, 0.1) is 6.92 Å². The summed E-state index contributed by atoms with van der Waals surface area (Å²) in [4.78, 5) is 17.8. The van der Waals surface area contributed by atoms with Crippen molar-refractivity contribution in [3.63, 3.8) is 0 Å². The average Bonchev–Trinajstić information content (AvgIpc) is 3.30. The first-order valence-electron chi connectivity index (χ1n) is 11.0. The quantitative estimate of drug-likeness (QED) is 0.778. The molecule has 0 bridgehead atoms. The number of amides is 1. The number of hydrogen-bond donors (Lipinski definition) is 0. The summed E-state index contributed by atoms with van der Waals surface area (Å²) in [7, 11) is 0. The summed E-state index contributed by atoms with van der Waals surface area (Å²) in [5.74, 6) is 0.959. The highest BCUT2D eigenvalue weighted by Gasteiger charge is 2.44. The molecule has 4 rings (SSSR count). The molecule has 154 valence electrons. The Morgan fingerprint density at radius 3 is 2.75 bits per heavy atom. The van der Waals surface area contributed by atoms with Crippen molar-refractivity contribution in [1.29, 1.82) is 0 Å². The van der Waals surface area contributed by atoms with Gasteiger partial charge in [-0.25, -0.2) is 0 Å². The fourth-order valence-electron chi connectivity index (χ4n) is 5.28. The fourth-order valence-corrected chi connectivity index (χ4v) is 5.28. The molecule has 3 aliphatic rings. The molecule has 3 heterocycles. The number of carbonyl (C=O) groups is 1. The van der Waals surface area contributed by atoms with Crippen LogP contribution in [-0.2, 0) is 9.53 Å². The van der Waals surface area contributed by atoms with Crippen LogP contribution in [0.4, 0.5) is 0 Å². The first kappa shape index (κ1) is 19.7. The second-order valence-electron chi connectivity index (χ2n) is 8.72. The molecule has 1 amide bonds. The maximum Gasteiger partial charge on any atom is 0.260 e. The zero-order chi connectivity index (χ0) is 19.4. The Morgan fingerprint density at radius 1 is 1.14 bits per heavy atom. The van der Waals surface area contributed by atoms with Crippen LogP contribution in [0.25, 0.3) is 0 Å². The smallest absolute Gasteiger partial charge is 0.260 e. The van der Waals surface area contributed by atoms with E-state index in [4.69, 9.17) is 9.47 Å². The van der Waals surface area contributed by atoms with Crippen LogP contribution in [0.3, 0.4) is 0 Å². The van der Waals surface area contributed by atoms with Crippen LogP contribution in [0.1, 0.15) is 50.5 Å². The van der Waals surface area contributed by atoms with E-state index in [0.29, 0.717) is 6.10 Å². The number of rotatable bonds is 5. The number of carbonyl (C=O) groups excluding carboxylic acids is 1. The molecule has 0 radical (unpaired) electrons. The Morgan fingerprint density at radius 2 is 1.96 bits per heavy atom. The van der Waals surface area contributed by atoms with E-state index in [0.717, 1.165) is 76.2 Å². The summed E-state index contributed by atoms with van der Waals surface area (Å²) in [6, 6.07) is 7.91.